The predicted octanol–water partition coefficient (Wildman–Crippen LogP) is 4.85. The molecule has 0 aromatic heterocycles. The quantitative estimate of drug-likeness (QED) is 0.225. The zero-order valence-corrected chi connectivity index (χ0v) is 33.8. The number of carbonyl (C=O) groups excluding carboxylic acids is 2. The topological polar surface area (TPSA) is 142 Å². The minimum absolute atomic E-state index is 0.00212. The van der Waals surface area contributed by atoms with Crippen molar-refractivity contribution in [2.45, 2.75) is 105 Å². The lowest BCUT2D eigenvalue weighted by atomic mass is 9.45. The van der Waals surface area contributed by atoms with E-state index in [1.807, 2.05) is 38.4 Å². The van der Waals surface area contributed by atoms with Crippen LogP contribution in [0.25, 0.3) is 11.1 Å². The van der Waals surface area contributed by atoms with E-state index in [2.05, 4.69) is 57.1 Å². The molecule has 3 saturated carbocycles. The van der Waals surface area contributed by atoms with E-state index in [9.17, 15) is 19.8 Å². The molecule has 7 rings (SSSR count). The Morgan fingerprint density at radius 3 is 2.50 bits per heavy atom. The van der Waals surface area contributed by atoms with E-state index in [1.54, 1.807) is 25.2 Å². The Kier molecular flexibility index (Phi) is 11.6. The molecular weight excluding hydrogens is 688 g/mol. The van der Waals surface area contributed by atoms with Gasteiger partial charge in [-0.15, -0.1) is 0 Å². The molecule has 4 N–H and O–H groups in total. The van der Waals surface area contributed by atoms with Crippen LogP contribution in [-0.2, 0) is 16.2 Å². The third-order valence-electron chi connectivity index (χ3n) is 12.5. The lowest BCUT2D eigenvalue weighted by molar-refractivity contribution is -0.183. The number of methoxy groups -OCH3 is 1. The van der Waals surface area contributed by atoms with Gasteiger partial charge in [0.25, 0.3) is 5.91 Å². The average Bonchev–Trinajstić information content (AvgIpc) is 3.72. The molecule has 4 fully saturated rings. The second-order valence-electron chi connectivity index (χ2n) is 18.2. The number of hydrogen-bond donors (Lipinski definition) is 4. The summed E-state index contributed by atoms with van der Waals surface area (Å²) in [6, 6.07) is 8.45. The molecule has 0 spiro atoms. The van der Waals surface area contributed by atoms with Crippen molar-refractivity contribution >= 4 is 11.8 Å². The molecule has 0 unspecified atom stereocenters. The first-order valence-corrected chi connectivity index (χ1v) is 19.5. The predicted molar refractivity (Wildman–Crippen MR) is 206 cm³/mol. The first kappa shape index (κ1) is 40.2. The smallest absolute Gasteiger partial charge is 0.255 e. The van der Waals surface area contributed by atoms with Gasteiger partial charge in [0.2, 0.25) is 12.7 Å². The molecule has 2 amide bonds. The van der Waals surface area contributed by atoms with Gasteiger partial charge in [0.15, 0.2) is 11.5 Å². The Morgan fingerprint density at radius 1 is 1.15 bits per heavy atom. The minimum atomic E-state index is -0.911. The zero-order chi connectivity index (χ0) is 39.3. The van der Waals surface area contributed by atoms with Crippen LogP contribution in [0.3, 0.4) is 0 Å². The number of hydrogen-bond acceptors (Lipinski definition) is 10. The van der Waals surface area contributed by atoms with Crippen molar-refractivity contribution in [2.75, 3.05) is 41.1 Å². The fourth-order valence-electron chi connectivity index (χ4n) is 9.77. The fraction of sp³-hybridized carbons (Fsp3) is 0.667. The number of ether oxygens (including phenoxy) is 3. The standard InChI is InChI=1S/C42H62N4O8/c1-23-31-16-27(42(31,6)7)17-32(23)44-40(50)36-35(24(2)48)34(21-47)54-46(36)19-25-12-11-13-29(37(25)51-10)26-14-30(38-33(15-26)52-22-53-38)39(49)43-28(20-45(8)9)18-41(3,4)5/h11-15,23-24,27-28,31-32,34-36,47-48H,16-22H2,1-10H3,(H,43,49)(H,44,50)/t23-,24-,27+,28-,31+,32-,34-,35+,36-/m0/s1. The highest BCUT2D eigenvalue weighted by atomic mass is 16.7. The number of fused-ring (bicyclic) bond motifs is 3. The van der Waals surface area contributed by atoms with Crippen LogP contribution in [0.5, 0.6) is 17.2 Å². The molecule has 0 radical (unpaired) electrons. The van der Waals surface area contributed by atoms with Gasteiger partial charge in [-0.1, -0.05) is 59.7 Å². The van der Waals surface area contributed by atoms with Crippen LogP contribution in [0.1, 0.15) is 83.7 Å². The van der Waals surface area contributed by atoms with Crippen molar-refractivity contribution in [2.24, 2.45) is 34.5 Å². The molecule has 3 aliphatic carbocycles. The lowest BCUT2D eigenvalue weighted by Crippen LogP contribution is -2.62. The van der Waals surface area contributed by atoms with E-state index in [0.717, 1.165) is 18.4 Å². The normalized spacial score (nSPS) is 28.4. The fourth-order valence-corrected chi connectivity index (χ4v) is 9.77. The third kappa shape index (κ3) is 7.95. The second kappa shape index (κ2) is 15.6. The molecule has 298 valence electrons. The summed E-state index contributed by atoms with van der Waals surface area (Å²) in [6.07, 6.45) is 1.23. The molecule has 1 saturated heterocycles. The van der Waals surface area contributed by atoms with Crippen molar-refractivity contribution in [1.29, 1.82) is 0 Å². The van der Waals surface area contributed by atoms with Crippen LogP contribution in [0.4, 0.5) is 0 Å². The molecule has 54 heavy (non-hydrogen) atoms. The number of aliphatic hydroxyl groups is 2. The SMILES string of the molecule is COc1c(CN2O[C@@H](CO)[C@@H]([C@H](C)O)[C@H]2C(=O)N[C@H]2C[C@H]3C[C@H]([C@@H]2C)C3(C)C)cccc1-c1cc2c(c(C(=O)N[C@H](CN(C)C)CC(C)(C)C)c1)OCO2. The number of carbonyl (C=O) groups is 2. The van der Waals surface area contributed by atoms with Crippen LogP contribution in [0.15, 0.2) is 30.3 Å². The summed E-state index contributed by atoms with van der Waals surface area (Å²) >= 11 is 0. The molecule has 9 atom stereocenters. The lowest BCUT2D eigenvalue weighted by Gasteiger charge is -2.62. The summed E-state index contributed by atoms with van der Waals surface area (Å²) in [5.41, 5.74) is 2.78. The van der Waals surface area contributed by atoms with Crippen molar-refractivity contribution in [3.63, 3.8) is 0 Å². The van der Waals surface area contributed by atoms with E-state index in [4.69, 9.17) is 19.0 Å². The number of nitrogens with zero attached hydrogens (tertiary/aromatic N) is 2. The Balaban J connectivity index is 1.29. The number of aliphatic hydroxyl groups excluding tert-OH is 2. The van der Waals surface area contributed by atoms with Gasteiger partial charge in [-0.05, 0) is 86.6 Å². The Hall–Kier alpha value is -3.42. The van der Waals surface area contributed by atoms with Gasteiger partial charge in [0.1, 0.15) is 17.9 Å². The summed E-state index contributed by atoms with van der Waals surface area (Å²) in [5, 5.41) is 29.5. The maximum Gasteiger partial charge on any atom is 0.255 e. The van der Waals surface area contributed by atoms with Crippen LogP contribution in [0.2, 0.25) is 0 Å². The molecule has 2 aromatic carbocycles. The molecule has 2 aromatic rings. The highest BCUT2D eigenvalue weighted by Crippen LogP contribution is 2.61. The van der Waals surface area contributed by atoms with Crippen LogP contribution >= 0.6 is 0 Å². The first-order valence-electron chi connectivity index (χ1n) is 19.5. The highest BCUT2D eigenvalue weighted by molar-refractivity contribution is 6.00. The van der Waals surface area contributed by atoms with Crippen LogP contribution < -0.4 is 24.8 Å². The van der Waals surface area contributed by atoms with E-state index >= 15 is 0 Å². The van der Waals surface area contributed by atoms with Gasteiger partial charge >= 0.3 is 0 Å². The summed E-state index contributed by atoms with van der Waals surface area (Å²) < 4.78 is 17.7. The van der Waals surface area contributed by atoms with Gasteiger partial charge in [-0.3, -0.25) is 14.4 Å². The van der Waals surface area contributed by atoms with Gasteiger partial charge in [0.05, 0.1) is 31.9 Å². The molecule has 2 heterocycles. The van der Waals surface area contributed by atoms with Gasteiger partial charge in [-0.25, -0.2) is 0 Å². The number of benzene rings is 2. The summed E-state index contributed by atoms with van der Waals surface area (Å²) in [5.74, 6) is 1.72. The van der Waals surface area contributed by atoms with Crippen LogP contribution in [0, 0.1) is 34.5 Å². The Labute approximate surface area is 320 Å². The number of para-hydroxylation sites is 1. The monoisotopic (exact) mass is 750 g/mol. The molecule has 12 heteroatoms. The van der Waals surface area contributed by atoms with Gasteiger partial charge in [0, 0.05) is 35.7 Å². The van der Waals surface area contributed by atoms with Crippen molar-refractivity contribution in [3.8, 4) is 28.4 Å². The number of hydroxylamine groups is 2. The molecule has 12 nitrogen and oxygen atoms in total. The number of likely N-dealkylation sites (N-methyl/N-ethyl adjacent to an activating group) is 1. The zero-order valence-electron chi connectivity index (χ0n) is 33.8. The number of rotatable bonds is 13. The van der Waals surface area contributed by atoms with Gasteiger partial charge in [-0.2, -0.15) is 5.06 Å². The van der Waals surface area contributed by atoms with E-state index < -0.39 is 24.2 Å². The van der Waals surface area contributed by atoms with Crippen LogP contribution in [-0.4, -0.2) is 103 Å². The molecule has 5 aliphatic rings. The maximum absolute atomic E-state index is 14.3. The second-order valence-corrected chi connectivity index (χ2v) is 18.2. The van der Waals surface area contributed by atoms with Crippen molar-refractivity contribution < 1.29 is 38.9 Å². The Morgan fingerprint density at radius 2 is 1.89 bits per heavy atom. The van der Waals surface area contributed by atoms with Gasteiger partial charge < -0.3 is 40.0 Å². The third-order valence-corrected chi connectivity index (χ3v) is 12.5. The first-order chi connectivity index (χ1) is 25.4. The minimum Gasteiger partial charge on any atom is -0.496 e. The molecular formula is C42H62N4O8. The largest absolute Gasteiger partial charge is 0.496 e. The van der Waals surface area contributed by atoms with E-state index in [-0.39, 0.29) is 54.7 Å². The maximum atomic E-state index is 14.3. The van der Waals surface area contributed by atoms with E-state index in [1.165, 1.54) is 6.42 Å². The number of amides is 2. The highest BCUT2D eigenvalue weighted by Gasteiger charge is 2.57. The van der Waals surface area contributed by atoms with Crippen molar-refractivity contribution in [1.82, 2.24) is 20.6 Å². The summed E-state index contributed by atoms with van der Waals surface area (Å²) in [7, 11) is 5.57. The Bertz CT molecular complexity index is 1690. The summed E-state index contributed by atoms with van der Waals surface area (Å²) in [6.45, 7) is 15.5. The van der Waals surface area contributed by atoms with E-state index in [0.29, 0.717) is 58.2 Å². The number of nitrogens with one attached hydrogen (secondary N) is 2. The molecule has 2 aliphatic heterocycles. The molecule has 2 bridgehead atoms. The van der Waals surface area contributed by atoms with Crippen molar-refractivity contribution in [3.05, 3.63) is 41.5 Å². The average molecular weight is 751 g/mol. The summed E-state index contributed by atoms with van der Waals surface area (Å²) in [4.78, 5) is 36.6.